The van der Waals surface area contributed by atoms with Crippen molar-refractivity contribution >= 4 is 23.2 Å². The lowest BCUT2D eigenvalue weighted by Crippen LogP contribution is -2.14. The number of amides is 1. The van der Waals surface area contributed by atoms with Crippen LogP contribution in [-0.2, 0) is 0 Å². The monoisotopic (exact) mass is 343 g/mol. The molecule has 0 saturated carbocycles. The average Bonchev–Trinajstić information content (AvgIpc) is 2.65. The Labute approximate surface area is 151 Å². The highest BCUT2D eigenvalue weighted by molar-refractivity contribution is 6.03. The van der Waals surface area contributed by atoms with Crippen molar-refractivity contribution in [1.82, 2.24) is 9.97 Å². The van der Waals surface area contributed by atoms with Crippen LogP contribution in [0.25, 0.3) is 0 Å². The third-order valence-electron chi connectivity index (χ3n) is 3.80. The van der Waals surface area contributed by atoms with Gasteiger partial charge in [-0.3, -0.25) is 4.79 Å². The highest BCUT2D eigenvalue weighted by atomic mass is 16.1. The van der Waals surface area contributed by atoms with E-state index in [1.807, 2.05) is 38.1 Å². The van der Waals surface area contributed by atoms with Gasteiger partial charge in [0.2, 0.25) is 5.95 Å². The van der Waals surface area contributed by atoms with Gasteiger partial charge in [-0.05, 0) is 61.4 Å². The number of nitrogens with one attached hydrogen (secondary N) is 2. The Hall–Kier alpha value is -3.72. The van der Waals surface area contributed by atoms with Crippen molar-refractivity contribution < 1.29 is 4.79 Å². The molecule has 1 aromatic heterocycles. The first-order valence-electron chi connectivity index (χ1n) is 8.04. The van der Waals surface area contributed by atoms with Gasteiger partial charge < -0.3 is 10.6 Å². The third kappa shape index (κ3) is 4.02. The molecule has 2 N–H and O–H groups in total. The second-order valence-electron chi connectivity index (χ2n) is 5.85. The number of hydrogen-bond donors (Lipinski definition) is 2. The zero-order valence-electron chi connectivity index (χ0n) is 14.4. The van der Waals surface area contributed by atoms with Gasteiger partial charge in [0.25, 0.3) is 5.91 Å². The SMILES string of the molecule is Cc1ccc(C)c(Nc2nccc(C(=O)Nc3ccc(C#N)cc3)n2)c1. The third-order valence-corrected chi connectivity index (χ3v) is 3.80. The van der Waals surface area contributed by atoms with Gasteiger partial charge in [0.15, 0.2) is 0 Å². The lowest BCUT2D eigenvalue weighted by atomic mass is 10.1. The van der Waals surface area contributed by atoms with Crippen LogP contribution in [0.4, 0.5) is 17.3 Å². The zero-order valence-corrected chi connectivity index (χ0v) is 14.4. The quantitative estimate of drug-likeness (QED) is 0.748. The van der Waals surface area contributed by atoms with E-state index < -0.39 is 0 Å². The first-order valence-corrected chi connectivity index (χ1v) is 8.04. The number of hydrogen-bond acceptors (Lipinski definition) is 5. The minimum absolute atomic E-state index is 0.247. The van der Waals surface area contributed by atoms with E-state index in [0.29, 0.717) is 17.2 Å². The molecule has 0 bridgehead atoms. The fourth-order valence-corrected chi connectivity index (χ4v) is 2.36. The van der Waals surface area contributed by atoms with E-state index in [1.165, 1.54) is 6.20 Å². The van der Waals surface area contributed by atoms with Gasteiger partial charge in [-0.25, -0.2) is 9.97 Å². The van der Waals surface area contributed by atoms with Crippen molar-refractivity contribution in [3.05, 3.63) is 77.1 Å². The largest absolute Gasteiger partial charge is 0.324 e. The molecule has 2 aromatic carbocycles. The minimum atomic E-state index is -0.346. The summed E-state index contributed by atoms with van der Waals surface area (Å²) in [6, 6.07) is 16.3. The molecule has 3 aromatic rings. The van der Waals surface area contributed by atoms with Crippen molar-refractivity contribution in [3.63, 3.8) is 0 Å². The van der Waals surface area contributed by atoms with Crippen LogP contribution < -0.4 is 10.6 Å². The normalized spacial score (nSPS) is 10.0. The lowest BCUT2D eigenvalue weighted by molar-refractivity contribution is 0.102. The Balaban J connectivity index is 1.76. The number of carbonyl (C=O) groups excluding carboxylic acids is 1. The molecule has 0 unspecified atom stereocenters. The van der Waals surface area contributed by atoms with Gasteiger partial charge in [-0.15, -0.1) is 0 Å². The highest BCUT2D eigenvalue weighted by Crippen LogP contribution is 2.20. The molecule has 0 radical (unpaired) electrons. The Morgan fingerprint density at radius 1 is 1.08 bits per heavy atom. The number of carbonyl (C=O) groups is 1. The summed E-state index contributed by atoms with van der Waals surface area (Å²) in [5.74, 6) is 0.00676. The standard InChI is InChI=1S/C20H17N5O/c1-13-3-4-14(2)18(11-13)25-20-22-10-9-17(24-20)19(26)23-16-7-5-15(12-21)6-8-16/h3-11H,1-2H3,(H,23,26)(H,22,24,25). The topological polar surface area (TPSA) is 90.7 Å². The maximum atomic E-state index is 12.4. The molecule has 0 aliphatic heterocycles. The summed E-state index contributed by atoms with van der Waals surface area (Å²) in [5, 5.41) is 14.7. The van der Waals surface area contributed by atoms with Crippen LogP contribution in [0.5, 0.6) is 0 Å². The van der Waals surface area contributed by atoms with E-state index >= 15 is 0 Å². The zero-order chi connectivity index (χ0) is 18.5. The van der Waals surface area contributed by atoms with E-state index in [2.05, 4.69) is 20.6 Å². The number of anilines is 3. The van der Waals surface area contributed by atoms with E-state index in [9.17, 15) is 4.79 Å². The molecule has 0 aliphatic rings. The van der Waals surface area contributed by atoms with Crippen LogP contribution in [0, 0.1) is 25.2 Å². The van der Waals surface area contributed by atoms with E-state index in [-0.39, 0.29) is 11.6 Å². The van der Waals surface area contributed by atoms with Crippen molar-refractivity contribution in [1.29, 1.82) is 5.26 Å². The molecule has 1 heterocycles. The number of rotatable bonds is 4. The second kappa shape index (κ2) is 7.45. The summed E-state index contributed by atoms with van der Waals surface area (Å²) in [7, 11) is 0. The van der Waals surface area contributed by atoms with Crippen molar-refractivity contribution in [2.45, 2.75) is 13.8 Å². The summed E-state index contributed by atoms with van der Waals surface area (Å²) < 4.78 is 0. The molecule has 0 fully saturated rings. The molecular weight excluding hydrogens is 326 g/mol. The molecule has 3 rings (SSSR count). The Morgan fingerprint density at radius 2 is 1.85 bits per heavy atom. The van der Waals surface area contributed by atoms with Gasteiger partial charge in [0.05, 0.1) is 11.6 Å². The highest BCUT2D eigenvalue weighted by Gasteiger charge is 2.10. The maximum absolute atomic E-state index is 12.4. The second-order valence-corrected chi connectivity index (χ2v) is 5.85. The van der Waals surface area contributed by atoms with Gasteiger partial charge in [0, 0.05) is 17.6 Å². The predicted molar refractivity (Wildman–Crippen MR) is 100 cm³/mol. The maximum Gasteiger partial charge on any atom is 0.274 e. The molecule has 6 heteroatoms. The fourth-order valence-electron chi connectivity index (χ4n) is 2.36. The summed E-state index contributed by atoms with van der Waals surface area (Å²) in [4.78, 5) is 20.9. The first kappa shape index (κ1) is 17.1. The summed E-state index contributed by atoms with van der Waals surface area (Å²) in [6.45, 7) is 4.00. The molecule has 6 nitrogen and oxygen atoms in total. The van der Waals surface area contributed by atoms with E-state index in [4.69, 9.17) is 5.26 Å². The molecular formula is C20H17N5O. The molecule has 0 saturated heterocycles. The number of nitriles is 1. The molecule has 0 aliphatic carbocycles. The Morgan fingerprint density at radius 3 is 2.58 bits per heavy atom. The molecule has 26 heavy (non-hydrogen) atoms. The lowest BCUT2D eigenvalue weighted by Gasteiger charge is -2.10. The van der Waals surface area contributed by atoms with Crippen molar-refractivity contribution in [2.24, 2.45) is 0 Å². The van der Waals surface area contributed by atoms with E-state index in [0.717, 1.165) is 16.8 Å². The average molecular weight is 343 g/mol. The van der Waals surface area contributed by atoms with Gasteiger partial charge in [0.1, 0.15) is 5.69 Å². The van der Waals surface area contributed by atoms with Crippen LogP contribution in [0.2, 0.25) is 0 Å². The van der Waals surface area contributed by atoms with Crippen LogP contribution >= 0.6 is 0 Å². The Kier molecular flexibility index (Phi) is 4.90. The molecule has 1 amide bonds. The van der Waals surface area contributed by atoms with Gasteiger partial charge in [-0.2, -0.15) is 5.26 Å². The number of benzene rings is 2. The smallest absolute Gasteiger partial charge is 0.274 e. The van der Waals surface area contributed by atoms with Crippen molar-refractivity contribution in [3.8, 4) is 6.07 Å². The van der Waals surface area contributed by atoms with Gasteiger partial charge in [-0.1, -0.05) is 12.1 Å². The van der Waals surface area contributed by atoms with Crippen LogP contribution in [-0.4, -0.2) is 15.9 Å². The summed E-state index contributed by atoms with van der Waals surface area (Å²) in [5.41, 5.74) is 4.45. The number of aryl methyl sites for hydroxylation is 2. The predicted octanol–water partition coefficient (Wildman–Crippen LogP) is 3.96. The molecule has 0 spiro atoms. The van der Waals surface area contributed by atoms with Crippen LogP contribution in [0.1, 0.15) is 27.2 Å². The molecule has 128 valence electrons. The molecule has 0 atom stereocenters. The minimum Gasteiger partial charge on any atom is -0.324 e. The van der Waals surface area contributed by atoms with Gasteiger partial charge >= 0.3 is 0 Å². The van der Waals surface area contributed by atoms with E-state index in [1.54, 1.807) is 30.3 Å². The fraction of sp³-hybridized carbons (Fsp3) is 0.100. The first-order chi connectivity index (χ1) is 12.5. The van der Waals surface area contributed by atoms with Crippen LogP contribution in [0.15, 0.2) is 54.7 Å². The number of aromatic nitrogens is 2. The van der Waals surface area contributed by atoms with Crippen LogP contribution in [0.3, 0.4) is 0 Å². The van der Waals surface area contributed by atoms with Crippen molar-refractivity contribution in [2.75, 3.05) is 10.6 Å². The summed E-state index contributed by atoms with van der Waals surface area (Å²) >= 11 is 0. The Bertz CT molecular complexity index is 990. The number of nitrogens with zero attached hydrogens (tertiary/aromatic N) is 3. The summed E-state index contributed by atoms with van der Waals surface area (Å²) in [6.07, 6.45) is 1.54.